The fourth-order valence-corrected chi connectivity index (χ4v) is 4.99. The van der Waals surface area contributed by atoms with E-state index in [0.717, 1.165) is 17.7 Å². The Hall–Kier alpha value is -2.25. The maximum atomic E-state index is 13.0. The molecule has 2 aromatic carbocycles. The van der Waals surface area contributed by atoms with Crippen molar-refractivity contribution in [2.75, 3.05) is 18.4 Å². The molecule has 2 aliphatic rings. The highest BCUT2D eigenvalue weighted by atomic mass is 35.5. The van der Waals surface area contributed by atoms with E-state index in [9.17, 15) is 23.1 Å². The van der Waals surface area contributed by atoms with Crippen molar-refractivity contribution in [1.82, 2.24) is 4.90 Å². The molecule has 1 saturated carbocycles. The summed E-state index contributed by atoms with van der Waals surface area (Å²) in [5.74, 6) is 0.362. The van der Waals surface area contributed by atoms with E-state index in [1.807, 2.05) is 30.3 Å². The second-order valence-electron chi connectivity index (χ2n) is 8.34. The third-order valence-electron chi connectivity index (χ3n) is 6.05. The molecule has 1 aliphatic carbocycles. The van der Waals surface area contributed by atoms with Crippen molar-refractivity contribution in [3.05, 3.63) is 64.7 Å². The van der Waals surface area contributed by atoms with Gasteiger partial charge in [-0.3, -0.25) is 0 Å². The summed E-state index contributed by atoms with van der Waals surface area (Å²) in [7, 11) is 0. The lowest BCUT2D eigenvalue weighted by Crippen LogP contribution is -2.36. The Morgan fingerprint density at radius 2 is 1.77 bits per heavy atom. The predicted molar refractivity (Wildman–Crippen MR) is 108 cm³/mol. The van der Waals surface area contributed by atoms with E-state index in [4.69, 9.17) is 11.6 Å². The number of anilines is 1. The molecule has 160 valence electrons. The molecule has 0 aromatic heterocycles. The fourth-order valence-electron chi connectivity index (χ4n) is 4.77. The number of urea groups is 1. The van der Waals surface area contributed by atoms with E-state index in [1.165, 1.54) is 6.07 Å². The van der Waals surface area contributed by atoms with Gasteiger partial charge in [0.05, 0.1) is 16.2 Å². The van der Waals surface area contributed by atoms with Gasteiger partial charge in [-0.05, 0) is 48.4 Å². The average molecular weight is 439 g/mol. The third-order valence-corrected chi connectivity index (χ3v) is 6.38. The number of hydrogen-bond acceptors (Lipinski definition) is 2. The first-order valence-corrected chi connectivity index (χ1v) is 10.2. The summed E-state index contributed by atoms with van der Waals surface area (Å²) in [4.78, 5) is 14.2. The normalized spacial score (nSPS) is 26.0. The number of hydrogen-bond donors (Lipinski definition) is 2. The summed E-state index contributed by atoms with van der Waals surface area (Å²) < 4.78 is 39.1. The van der Waals surface area contributed by atoms with Crippen LogP contribution in [0.5, 0.6) is 0 Å². The minimum absolute atomic E-state index is 0.0503. The SMILES string of the molecule is O=C(Nc1ccc(Cl)c(C(F)(F)F)c1)N1C[C@@H]2C[C@](O)(Cc3ccccc3)C[C@@H]2C1. The van der Waals surface area contributed by atoms with Crippen LogP contribution in [0, 0.1) is 11.8 Å². The van der Waals surface area contributed by atoms with E-state index in [0.29, 0.717) is 32.4 Å². The number of nitrogens with zero attached hydrogens (tertiary/aromatic N) is 1. The van der Waals surface area contributed by atoms with Crippen LogP contribution in [0.3, 0.4) is 0 Å². The molecule has 2 aromatic rings. The average Bonchev–Trinajstić information content (AvgIpc) is 3.18. The minimum atomic E-state index is -4.59. The molecule has 0 bridgehead atoms. The van der Waals surface area contributed by atoms with Gasteiger partial charge >= 0.3 is 12.2 Å². The second kappa shape index (κ2) is 7.78. The number of rotatable bonds is 3. The van der Waals surface area contributed by atoms with Crippen LogP contribution < -0.4 is 5.32 Å². The smallest absolute Gasteiger partial charge is 0.390 e. The predicted octanol–water partition coefficient (Wildman–Crippen LogP) is 5.21. The van der Waals surface area contributed by atoms with E-state index in [2.05, 4.69) is 5.32 Å². The summed E-state index contributed by atoms with van der Waals surface area (Å²) in [5.41, 5.74) is -0.629. The lowest BCUT2D eigenvalue weighted by molar-refractivity contribution is -0.137. The van der Waals surface area contributed by atoms with Crippen LogP contribution in [-0.4, -0.2) is 34.7 Å². The minimum Gasteiger partial charge on any atom is -0.390 e. The third kappa shape index (κ3) is 4.42. The fraction of sp³-hybridized carbons (Fsp3) is 0.409. The Bertz CT molecular complexity index is 922. The van der Waals surface area contributed by atoms with Crippen molar-refractivity contribution in [3.8, 4) is 0 Å². The number of carbonyl (C=O) groups excluding carboxylic acids is 1. The molecule has 2 N–H and O–H groups in total. The molecule has 30 heavy (non-hydrogen) atoms. The molecule has 4 nitrogen and oxygen atoms in total. The first-order valence-electron chi connectivity index (χ1n) is 9.82. The molecule has 0 spiro atoms. The second-order valence-corrected chi connectivity index (χ2v) is 8.75. The molecule has 3 atom stereocenters. The van der Waals surface area contributed by atoms with Crippen LogP contribution in [0.2, 0.25) is 5.02 Å². The highest BCUT2D eigenvalue weighted by Crippen LogP contribution is 2.45. The summed E-state index contributed by atoms with van der Waals surface area (Å²) in [6.45, 7) is 0.959. The molecule has 4 rings (SSSR count). The van der Waals surface area contributed by atoms with Crippen molar-refractivity contribution >= 4 is 23.3 Å². The molecule has 2 fully saturated rings. The molecule has 1 aliphatic heterocycles. The molecule has 1 saturated heterocycles. The first kappa shape index (κ1) is 21.0. The van der Waals surface area contributed by atoms with Crippen LogP contribution in [0.4, 0.5) is 23.7 Å². The Balaban J connectivity index is 1.37. The Labute approximate surface area is 177 Å². The lowest BCUT2D eigenvalue weighted by atomic mass is 9.91. The Morgan fingerprint density at radius 3 is 2.37 bits per heavy atom. The lowest BCUT2D eigenvalue weighted by Gasteiger charge is -2.26. The van der Waals surface area contributed by atoms with Gasteiger partial charge < -0.3 is 15.3 Å². The van der Waals surface area contributed by atoms with E-state index < -0.39 is 28.4 Å². The Kier molecular flexibility index (Phi) is 5.45. The van der Waals surface area contributed by atoms with E-state index >= 15 is 0 Å². The van der Waals surface area contributed by atoms with Crippen molar-refractivity contribution in [3.63, 3.8) is 0 Å². The van der Waals surface area contributed by atoms with Crippen LogP contribution >= 0.6 is 11.6 Å². The van der Waals surface area contributed by atoms with Gasteiger partial charge in [-0.15, -0.1) is 0 Å². The van der Waals surface area contributed by atoms with Gasteiger partial charge in [-0.1, -0.05) is 41.9 Å². The number of aliphatic hydroxyl groups is 1. The van der Waals surface area contributed by atoms with Crippen LogP contribution in [0.25, 0.3) is 0 Å². The molecule has 1 heterocycles. The topological polar surface area (TPSA) is 52.6 Å². The molecular formula is C22H22ClF3N2O2. The van der Waals surface area contributed by atoms with Crippen LogP contribution in [0.15, 0.2) is 48.5 Å². The largest absolute Gasteiger partial charge is 0.417 e. The van der Waals surface area contributed by atoms with Crippen LogP contribution in [0.1, 0.15) is 24.0 Å². The van der Waals surface area contributed by atoms with Gasteiger partial charge in [0.25, 0.3) is 0 Å². The molecule has 0 radical (unpaired) electrons. The number of nitrogens with one attached hydrogen (secondary N) is 1. The number of fused-ring (bicyclic) bond motifs is 1. The number of likely N-dealkylation sites (tertiary alicyclic amines) is 1. The maximum Gasteiger partial charge on any atom is 0.417 e. The highest BCUT2D eigenvalue weighted by molar-refractivity contribution is 6.31. The van der Waals surface area contributed by atoms with Gasteiger partial charge in [-0.25, -0.2) is 4.79 Å². The van der Waals surface area contributed by atoms with E-state index in [-0.39, 0.29) is 17.5 Å². The number of amides is 2. The molecular weight excluding hydrogens is 417 g/mol. The quantitative estimate of drug-likeness (QED) is 0.691. The first-order chi connectivity index (χ1) is 14.1. The number of alkyl halides is 3. The monoisotopic (exact) mass is 438 g/mol. The van der Waals surface area contributed by atoms with Crippen molar-refractivity contribution in [1.29, 1.82) is 0 Å². The standard InChI is InChI=1S/C22H22ClF3N2O2/c23-19-7-6-17(8-18(19)22(24,25)26)27-20(29)28-12-15-10-21(30,11-16(15)13-28)9-14-4-2-1-3-5-14/h1-8,15-16,30H,9-13H2,(H,27,29)/t15-,16+,21+. The van der Waals surface area contributed by atoms with Gasteiger partial charge in [-0.2, -0.15) is 13.2 Å². The van der Waals surface area contributed by atoms with Gasteiger partial charge in [0.1, 0.15) is 0 Å². The zero-order valence-electron chi connectivity index (χ0n) is 16.1. The summed E-state index contributed by atoms with van der Waals surface area (Å²) >= 11 is 5.63. The maximum absolute atomic E-state index is 13.0. The zero-order chi connectivity index (χ0) is 21.5. The van der Waals surface area contributed by atoms with Crippen molar-refractivity contribution < 1.29 is 23.1 Å². The van der Waals surface area contributed by atoms with Gasteiger partial charge in [0.2, 0.25) is 0 Å². The zero-order valence-corrected chi connectivity index (χ0v) is 16.9. The molecule has 8 heteroatoms. The summed E-state index contributed by atoms with van der Waals surface area (Å²) in [6.07, 6.45) is -2.80. The van der Waals surface area contributed by atoms with Gasteiger partial charge in [0.15, 0.2) is 0 Å². The van der Waals surface area contributed by atoms with E-state index in [1.54, 1.807) is 4.90 Å². The molecule has 0 unspecified atom stereocenters. The summed E-state index contributed by atoms with van der Waals surface area (Å²) in [6, 6.07) is 12.7. The molecule has 2 amide bonds. The van der Waals surface area contributed by atoms with Crippen molar-refractivity contribution in [2.45, 2.75) is 31.0 Å². The summed E-state index contributed by atoms with van der Waals surface area (Å²) in [5, 5.41) is 13.1. The van der Waals surface area contributed by atoms with Crippen LogP contribution in [-0.2, 0) is 12.6 Å². The highest BCUT2D eigenvalue weighted by Gasteiger charge is 2.49. The van der Waals surface area contributed by atoms with Gasteiger partial charge in [0, 0.05) is 25.2 Å². The number of carbonyl (C=O) groups is 1. The number of halogens is 4. The number of benzene rings is 2. The van der Waals surface area contributed by atoms with Crippen molar-refractivity contribution in [2.24, 2.45) is 11.8 Å². The Morgan fingerprint density at radius 1 is 1.13 bits per heavy atom.